The van der Waals surface area contributed by atoms with Crippen LogP contribution in [0, 0.1) is 0 Å². The highest BCUT2D eigenvalue weighted by Gasteiger charge is 2.27. The summed E-state index contributed by atoms with van der Waals surface area (Å²) in [6.45, 7) is 1.39. The van der Waals surface area contributed by atoms with E-state index >= 15 is 0 Å². The molecule has 0 aliphatic carbocycles. The molecule has 3 rings (SSSR count). The molecule has 0 saturated carbocycles. The van der Waals surface area contributed by atoms with Crippen LogP contribution in [0.25, 0.3) is 11.0 Å². The summed E-state index contributed by atoms with van der Waals surface area (Å²) in [5.41, 5.74) is 7.56. The Labute approximate surface area is 124 Å². The van der Waals surface area contributed by atoms with Crippen LogP contribution < -0.4 is 5.73 Å². The standard InChI is InChI=1S/C14H18N4O.ClH/c15-8-11-3-2-6-18(11)13(19)7-10-9-17-14-12(10)4-1-5-16-14;/h1,4-5,9,11H,2-3,6-8,15H2,(H,16,17);1H. The number of likely N-dealkylation sites (tertiary alicyclic amines) is 1. The highest BCUT2D eigenvalue weighted by atomic mass is 35.5. The molecule has 0 bridgehead atoms. The van der Waals surface area contributed by atoms with Crippen LogP contribution in [0.3, 0.4) is 0 Å². The zero-order valence-electron chi connectivity index (χ0n) is 11.2. The van der Waals surface area contributed by atoms with E-state index in [0.29, 0.717) is 13.0 Å². The number of carbonyl (C=O) groups excluding carboxylic acids is 1. The molecule has 5 nitrogen and oxygen atoms in total. The molecule has 3 heterocycles. The van der Waals surface area contributed by atoms with E-state index in [0.717, 1.165) is 36.0 Å². The van der Waals surface area contributed by atoms with Gasteiger partial charge in [-0.3, -0.25) is 4.79 Å². The molecule has 20 heavy (non-hydrogen) atoms. The van der Waals surface area contributed by atoms with Crippen molar-refractivity contribution in [1.82, 2.24) is 14.9 Å². The maximum atomic E-state index is 12.4. The second kappa shape index (κ2) is 6.24. The average Bonchev–Trinajstić information content (AvgIpc) is 3.05. The minimum absolute atomic E-state index is 0. The van der Waals surface area contributed by atoms with Gasteiger partial charge in [0, 0.05) is 36.9 Å². The largest absolute Gasteiger partial charge is 0.346 e. The van der Waals surface area contributed by atoms with Crippen molar-refractivity contribution in [3.8, 4) is 0 Å². The summed E-state index contributed by atoms with van der Waals surface area (Å²) < 4.78 is 0. The lowest BCUT2D eigenvalue weighted by Crippen LogP contribution is -2.40. The Morgan fingerprint density at radius 1 is 1.55 bits per heavy atom. The van der Waals surface area contributed by atoms with Gasteiger partial charge in [0.15, 0.2) is 0 Å². The molecule has 0 aromatic carbocycles. The first-order valence-electron chi connectivity index (χ1n) is 6.70. The number of aromatic amines is 1. The Kier molecular flexibility index (Phi) is 4.62. The van der Waals surface area contributed by atoms with Crippen LogP contribution in [0.1, 0.15) is 18.4 Å². The number of hydrogen-bond acceptors (Lipinski definition) is 3. The monoisotopic (exact) mass is 294 g/mol. The number of H-pyrrole nitrogens is 1. The molecule has 3 N–H and O–H groups in total. The number of nitrogens with zero attached hydrogens (tertiary/aromatic N) is 2. The Balaban J connectivity index is 0.00000147. The number of pyridine rings is 1. The smallest absolute Gasteiger partial charge is 0.227 e. The third-order valence-corrected chi connectivity index (χ3v) is 3.85. The molecule has 1 aliphatic heterocycles. The zero-order chi connectivity index (χ0) is 13.2. The summed E-state index contributed by atoms with van der Waals surface area (Å²) in [5.74, 6) is 0.165. The number of hydrogen-bond donors (Lipinski definition) is 2. The van der Waals surface area contributed by atoms with Crippen molar-refractivity contribution in [2.24, 2.45) is 5.73 Å². The molecule has 0 spiro atoms. The van der Waals surface area contributed by atoms with E-state index in [9.17, 15) is 4.79 Å². The number of halogens is 1. The van der Waals surface area contributed by atoms with Crippen molar-refractivity contribution >= 4 is 29.3 Å². The van der Waals surface area contributed by atoms with E-state index in [1.54, 1.807) is 6.20 Å². The molecular weight excluding hydrogens is 276 g/mol. The normalized spacial score (nSPS) is 18.2. The second-order valence-corrected chi connectivity index (χ2v) is 5.01. The Morgan fingerprint density at radius 3 is 3.20 bits per heavy atom. The predicted octanol–water partition coefficient (Wildman–Crippen LogP) is 1.48. The van der Waals surface area contributed by atoms with Gasteiger partial charge in [0.1, 0.15) is 5.65 Å². The first-order chi connectivity index (χ1) is 9.29. The number of aromatic nitrogens is 2. The number of amides is 1. The highest BCUT2D eigenvalue weighted by molar-refractivity contribution is 5.87. The van der Waals surface area contributed by atoms with Gasteiger partial charge in [-0.2, -0.15) is 0 Å². The van der Waals surface area contributed by atoms with Crippen LogP contribution in [0.15, 0.2) is 24.5 Å². The molecule has 0 radical (unpaired) electrons. The van der Waals surface area contributed by atoms with E-state index in [2.05, 4.69) is 9.97 Å². The van der Waals surface area contributed by atoms with Crippen molar-refractivity contribution in [1.29, 1.82) is 0 Å². The predicted molar refractivity (Wildman–Crippen MR) is 80.8 cm³/mol. The fourth-order valence-electron chi connectivity index (χ4n) is 2.83. The zero-order valence-corrected chi connectivity index (χ0v) is 12.0. The van der Waals surface area contributed by atoms with Crippen molar-refractivity contribution in [2.75, 3.05) is 13.1 Å². The Bertz CT molecular complexity index is 598. The summed E-state index contributed by atoms with van der Waals surface area (Å²) in [4.78, 5) is 21.6. The van der Waals surface area contributed by atoms with Crippen LogP contribution in [0.2, 0.25) is 0 Å². The van der Waals surface area contributed by atoms with Gasteiger partial charge in [-0.25, -0.2) is 4.98 Å². The summed E-state index contributed by atoms with van der Waals surface area (Å²) in [7, 11) is 0. The van der Waals surface area contributed by atoms with Crippen molar-refractivity contribution in [3.05, 3.63) is 30.1 Å². The van der Waals surface area contributed by atoms with E-state index in [1.807, 2.05) is 23.2 Å². The quantitative estimate of drug-likeness (QED) is 0.900. The Morgan fingerprint density at radius 2 is 2.40 bits per heavy atom. The lowest BCUT2D eigenvalue weighted by atomic mass is 10.1. The molecular formula is C14H19ClN4O. The molecule has 1 unspecified atom stereocenters. The second-order valence-electron chi connectivity index (χ2n) is 5.01. The molecule has 1 aliphatic rings. The third kappa shape index (κ3) is 2.64. The SMILES string of the molecule is Cl.NCC1CCCN1C(=O)Cc1c[nH]c2ncccc12. The minimum atomic E-state index is 0. The van der Waals surface area contributed by atoms with Crippen LogP contribution in [-0.2, 0) is 11.2 Å². The van der Waals surface area contributed by atoms with E-state index in [-0.39, 0.29) is 24.4 Å². The molecule has 1 amide bonds. The third-order valence-electron chi connectivity index (χ3n) is 3.85. The lowest BCUT2D eigenvalue weighted by molar-refractivity contribution is -0.131. The highest BCUT2D eigenvalue weighted by Crippen LogP contribution is 2.20. The minimum Gasteiger partial charge on any atom is -0.346 e. The fraction of sp³-hybridized carbons (Fsp3) is 0.429. The molecule has 1 fully saturated rings. The van der Waals surface area contributed by atoms with Crippen LogP contribution in [-0.4, -0.2) is 39.9 Å². The number of rotatable bonds is 3. The van der Waals surface area contributed by atoms with Crippen molar-refractivity contribution < 1.29 is 4.79 Å². The fourth-order valence-corrected chi connectivity index (χ4v) is 2.83. The van der Waals surface area contributed by atoms with Crippen molar-refractivity contribution in [3.63, 3.8) is 0 Å². The van der Waals surface area contributed by atoms with Crippen LogP contribution in [0.5, 0.6) is 0 Å². The van der Waals surface area contributed by atoms with E-state index < -0.39 is 0 Å². The van der Waals surface area contributed by atoms with Crippen LogP contribution in [0.4, 0.5) is 0 Å². The average molecular weight is 295 g/mol. The van der Waals surface area contributed by atoms with Crippen LogP contribution >= 0.6 is 12.4 Å². The van der Waals surface area contributed by atoms with Gasteiger partial charge >= 0.3 is 0 Å². The van der Waals surface area contributed by atoms with Gasteiger partial charge in [-0.15, -0.1) is 12.4 Å². The molecule has 2 aromatic heterocycles. The van der Waals surface area contributed by atoms with Gasteiger partial charge in [0.2, 0.25) is 5.91 Å². The number of nitrogens with one attached hydrogen (secondary N) is 1. The van der Waals surface area contributed by atoms with Gasteiger partial charge in [0.05, 0.1) is 6.42 Å². The van der Waals surface area contributed by atoms with Gasteiger partial charge < -0.3 is 15.6 Å². The summed E-state index contributed by atoms with van der Waals surface area (Å²) >= 11 is 0. The first kappa shape index (κ1) is 14.8. The van der Waals surface area contributed by atoms with E-state index in [4.69, 9.17) is 5.73 Å². The van der Waals surface area contributed by atoms with Gasteiger partial charge in [-0.1, -0.05) is 0 Å². The summed E-state index contributed by atoms with van der Waals surface area (Å²) in [5, 5.41) is 1.03. The number of carbonyl (C=O) groups is 1. The summed E-state index contributed by atoms with van der Waals surface area (Å²) in [6.07, 6.45) is 6.13. The van der Waals surface area contributed by atoms with Crippen molar-refractivity contribution in [2.45, 2.75) is 25.3 Å². The Hall–Kier alpha value is -1.59. The maximum absolute atomic E-state index is 12.4. The molecule has 108 valence electrons. The van der Waals surface area contributed by atoms with E-state index in [1.165, 1.54) is 0 Å². The molecule has 6 heteroatoms. The number of nitrogens with two attached hydrogens (primary N) is 1. The maximum Gasteiger partial charge on any atom is 0.227 e. The van der Waals surface area contributed by atoms with Gasteiger partial charge in [-0.05, 0) is 30.5 Å². The molecule has 1 atom stereocenters. The topological polar surface area (TPSA) is 75.0 Å². The molecule has 1 saturated heterocycles. The number of fused-ring (bicyclic) bond motifs is 1. The lowest BCUT2D eigenvalue weighted by Gasteiger charge is -2.23. The summed E-state index contributed by atoms with van der Waals surface area (Å²) in [6, 6.07) is 4.10. The first-order valence-corrected chi connectivity index (χ1v) is 6.70. The molecule has 2 aromatic rings. The van der Waals surface area contributed by atoms with Gasteiger partial charge in [0.25, 0.3) is 0 Å².